The van der Waals surface area contributed by atoms with Crippen LogP contribution in [0.15, 0.2) is 54.9 Å². The lowest BCUT2D eigenvalue weighted by Crippen LogP contribution is -2.41. The number of methoxy groups -OCH3 is 1. The van der Waals surface area contributed by atoms with Crippen molar-refractivity contribution < 1.29 is 14.6 Å². The molecule has 6 heteroatoms. The molecule has 0 spiro atoms. The van der Waals surface area contributed by atoms with Crippen LogP contribution in [-0.2, 0) is 4.79 Å². The minimum atomic E-state index is -0.277. The third kappa shape index (κ3) is 6.72. The van der Waals surface area contributed by atoms with Gasteiger partial charge in [-0.1, -0.05) is 30.0 Å². The Morgan fingerprint density at radius 2 is 1.79 bits per heavy atom. The van der Waals surface area contributed by atoms with Crippen LogP contribution in [0.4, 0.5) is 5.69 Å². The van der Waals surface area contributed by atoms with Crippen molar-refractivity contribution in [2.75, 3.05) is 18.6 Å². The molecule has 0 radical (unpaired) electrons. The van der Waals surface area contributed by atoms with E-state index in [0.29, 0.717) is 24.7 Å². The van der Waals surface area contributed by atoms with Crippen LogP contribution in [0.25, 0.3) is 0 Å². The van der Waals surface area contributed by atoms with Crippen LogP contribution in [0.3, 0.4) is 0 Å². The molecule has 6 nitrogen and oxygen atoms in total. The van der Waals surface area contributed by atoms with Gasteiger partial charge in [-0.05, 0) is 106 Å². The topological polar surface area (TPSA) is 78.5 Å². The minimum Gasteiger partial charge on any atom is -0.496 e. The molecule has 1 aromatic heterocycles. The van der Waals surface area contributed by atoms with Gasteiger partial charge in [0.05, 0.1) is 25.0 Å². The number of aromatic amines is 1. The fourth-order valence-corrected chi connectivity index (χ4v) is 6.17. The average molecular weight is 526 g/mol. The molecule has 0 bridgehead atoms. The molecular weight excluding hydrogens is 486 g/mol. The summed E-state index contributed by atoms with van der Waals surface area (Å²) >= 11 is 0. The molecule has 2 aliphatic carbocycles. The average Bonchev–Trinajstić information content (AvgIpc) is 3.49. The summed E-state index contributed by atoms with van der Waals surface area (Å²) in [5, 5.41) is 16.8. The summed E-state index contributed by atoms with van der Waals surface area (Å²) < 4.78 is 5.45. The number of aromatic nitrogens is 2. The number of hydrogen-bond acceptors (Lipinski definition) is 4. The maximum atomic E-state index is 13.9. The van der Waals surface area contributed by atoms with Crippen LogP contribution in [0.5, 0.6) is 5.75 Å². The summed E-state index contributed by atoms with van der Waals surface area (Å²) in [6.45, 7) is 2.83. The van der Waals surface area contributed by atoms with Crippen molar-refractivity contribution in [3.63, 3.8) is 0 Å². The molecule has 0 atom stereocenters. The highest BCUT2D eigenvalue weighted by Crippen LogP contribution is 2.38. The zero-order chi connectivity index (χ0) is 27.2. The number of carbonyl (C=O) groups excluding carboxylic acids is 1. The first-order valence-electron chi connectivity index (χ1n) is 14.2. The van der Waals surface area contributed by atoms with E-state index in [1.807, 2.05) is 29.2 Å². The molecule has 1 heterocycles. The molecule has 39 heavy (non-hydrogen) atoms. The predicted molar refractivity (Wildman–Crippen MR) is 154 cm³/mol. The smallest absolute Gasteiger partial charge is 0.230 e. The van der Waals surface area contributed by atoms with Gasteiger partial charge in [0, 0.05) is 29.9 Å². The van der Waals surface area contributed by atoms with E-state index < -0.39 is 0 Å². The number of ether oxygens (including phenoxy) is 1. The van der Waals surface area contributed by atoms with Crippen molar-refractivity contribution in [3.8, 4) is 17.6 Å². The Balaban J connectivity index is 1.31. The Morgan fingerprint density at radius 1 is 1.03 bits per heavy atom. The summed E-state index contributed by atoms with van der Waals surface area (Å²) in [6.07, 6.45) is 10.6. The van der Waals surface area contributed by atoms with Crippen molar-refractivity contribution in [3.05, 3.63) is 77.1 Å². The zero-order valence-corrected chi connectivity index (χ0v) is 23.0. The lowest BCUT2D eigenvalue weighted by molar-refractivity contribution is -0.124. The number of nitrogens with zero attached hydrogens (tertiary/aromatic N) is 2. The summed E-state index contributed by atoms with van der Waals surface area (Å²) in [5.74, 6) is 8.45. The van der Waals surface area contributed by atoms with Gasteiger partial charge >= 0.3 is 0 Å². The Morgan fingerprint density at radius 3 is 2.49 bits per heavy atom. The second kappa shape index (κ2) is 12.5. The molecule has 204 valence electrons. The van der Waals surface area contributed by atoms with Gasteiger partial charge in [-0.15, -0.1) is 0 Å². The van der Waals surface area contributed by atoms with Gasteiger partial charge in [0.1, 0.15) is 5.75 Å². The number of carbonyl (C=O) groups is 1. The number of aliphatic hydroxyl groups excluding tert-OH is 1. The number of aryl methyl sites for hydroxylation is 1. The Kier molecular flexibility index (Phi) is 8.68. The van der Waals surface area contributed by atoms with Gasteiger partial charge in [-0.2, -0.15) is 5.10 Å². The van der Waals surface area contributed by atoms with Gasteiger partial charge < -0.3 is 14.7 Å². The van der Waals surface area contributed by atoms with Gasteiger partial charge in [0.15, 0.2) is 0 Å². The van der Waals surface area contributed by atoms with Crippen molar-refractivity contribution in [1.29, 1.82) is 0 Å². The van der Waals surface area contributed by atoms with Crippen molar-refractivity contribution >= 4 is 11.6 Å². The maximum Gasteiger partial charge on any atom is 0.230 e. The van der Waals surface area contributed by atoms with Crippen LogP contribution in [0.1, 0.15) is 79.5 Å². The van der Waals surface area contributed by atoms with E-state index >= 15 is 0 Å². The lowest BCUT2D eigenvalue weighted by Gasteiger charge is -2.36. The normalized spacial score (nSPS) is 22.9. The quantitative estimate of drug-likeness (QED) is 0.388. The third-order valence-electron chi connectivity index (χ3n) is 8.50. The summed E-state index contributed by atoms with van der Waals surface area (Å²) in [6, 6.07) is 14.6. The Labute approximate surface area is 231 Å². The fraction of sp³-hybridized carbons (Fsp3) is 0.455. The van der Waals surface area contributed by atoms with E-state index in [0.717, 1.165) is 67.6 Å². The van der Waals surface area contributed by atoms with Crippen molar-refractivity contribution in [2.45, 2.75) is 70.3 Å². The standard InChI is InChI=1S/C33H39N3O3/c1-23-18-29(14-17-32(23)39-2)27-10-8-25(9-11-27)22-36(33(38)28-12-15-31(37)16-13-28)30-5-3-4-24(19-30)6-7-26-20-34-35-21-26/h3-5,14,17-21,25,27-28,31,37H,8-13,15-16,22H2,1-2H3,(H,34,35)/t25-,27-,28-,31-. The number of benzene rings is 2. The highest BCUT2D eigenvalue weighted by molar-refractivity contribution is 5.95. The largest absolute Gasteiger partial charge is 0.496 e. The first kappa shape index (κ1) is 27.0. The van der Waals surface area contributed by atoms with E-state index in [9.17, 15) is 9.90 Å². The summed E-state index contributed by atoms with van der Waals surface area (Å²) in [7, 11) is 1.72. The number of amides is 1. The fourth-order valence-electron chi connectivity index (χ4n) is 6.17. The Hall–Kier alpha value is -3.56. The number of rotatable bonds is 6. The molecule has 2 saturated carbocycles. The van der Waals surface area contributed by atoms with Gasteiger partial charge in [0.25, 0.3) is 0 Å². The minimum absolute atomic E-state index is 0.0346. The van der Waals surface area contributed by atoms with E-state index in [1.165, 1.54) is 11.1 Å². The number of anilines is 1. The van der Waals surface area contributed by atoms with Crippen LogP contribution >= 0.6 is 0 Å². The highest BCUT2D eigenvalue weighted by atomic mass is 16.5. The number of hydrogen-bond donors (Lipinski definition) is 2. The lowest BCUT2D eigenvalue weighted by atomic mass is 9.78. The van der Waals surface area contributed by atoms with Crippen molar-refractivity contribution in [1.82, 2.24) is 10.2 Å². The van der Waals surface area contributed by atoms with Crippen LogP contribution in [0, 0.1) is 30.6 Å². The van der Waals surface area contributed by atoms with E-state index in [2.05, 4.69) is 47.2 Å². The molecule has 3 aromatic rings. The molecule has 2 aliphatic rings. The van der Waals surface area contributed by atoms with E-state index in [4.69, 9.17) is 4.74 Å². The molecule has 0 aliphatic heterocycles. The molecular formula is C33H39N3O3. The molecule has 0 saturated heterocycles. The number of aliphatic hydroxyl groups is 1. The number of nitrogens with one attached hydrogen (secondary N) is 1. The van der Waals surface area contributed by atoms with Crippen LogP contribution < -0.4 is 9.64 Å². The highest BCUT2D eigenvalue weighted by Gasteiger charge is 2.32. The van der Waals surface area contributed by atoms with Gasteiger partial charge in [-0.3, -0.25) is 9.89 Å². The number of H-pyrrole nitrogens is 1. The van der Waals surface area contributed by atoms with E-state index in [1.54, 1.807) is 19.5 Å². The molecule has 0 unspecified atom stereocenters. The molecule has 2 N–H and O–H groups in total. The van der Waals surface area contributed by atoms with Crippen LogP contribution in [0.2, 0.25) is 0 Å². The maximum absolute atomic E-state index is 13.9. The van der Waals surface area contributed by atoms with Crippen LogP contribution in [-0.4, -0.2) is 41.0 Å². The summed E-state index contributed by atoms with van der Waals surface area (Å²) in [4.78, 5) is 15.9. The first-order valence-corrected chi connectivity index (χ1v) is 14.2. The second-order valence-corrected chi connectivity index (χ2v) is 11.2. The SMILES string of the molecule is COc1ccc([C@H]2CC[C@H](CN(c3cccc(C#Cc4cn[nH]c4)c3)C(=O)[C@H]3CC[C@H](O)CC3)CC2)cc1C. The monoisotopic (exact) mass is 525 g/mol. The zero-order valence-electron chi connectivity index (χ0n) is 23.0. The summed E-state index contributed by atoms with van der Waals surface area (Å²) in [5.41, 5.74) is 5.20. The van der Waals surface area contributed by atoms with Gasteiger partial charge in [-0.25, -0.2) is 0 Å². The third-order valence-corrected chi connectivity index (χ3v) is 8.50. The predicted octanol–water partition coefficient (Wildman–Crippen LogP) is 5.98. The van der Waals surface area contributed by atoms with Gasteiger partial charge in [0.2, 0.25) is 5.91 Å². The van der Waals surface area contributed by atoms with E-state index in [-0.39, 0.29) is 17.9 Å². The molecule has 2 fully saturated rings. The Bertz CT molecular complexity index is 1310. The second-order valence-electron chi connectivity index (χ2n) is 11.2. The molecule has 2 aromatic carbocycles. The first-order chi connectivity index (χ1) is 19.0. The molecule has 5 rings (SSSR count). The molecule has 1 amide bonds. The van der Waals surface area contributed by atoms with Crippen molar-refractivity contribution in [2.24, 2.45) is 11.8 Å².